The van der Waals surface area contributed by atoms with Gasteiger partial charge >= 0.3 is 5.97 Å². The topological polar surface area (TPSA) is 68.2 Å². The maximum Gasteiger partial charge on any atom is 0.356 e. The van der Waals surface area contributed by atoms with Crippen LogP contribution in [0.3, 0.4) is 0 Å². The highest BCUT2D eigenvalue weighted by Gasteiger charge is 2.15. The Labute approximate surface area is 121 Å². The number of carbonyl (C=O) groups excluding carboxylic acids is 1. The predicted molar refractivity (Wildman–Crippen MR) is 77.2 cm³/mol. The summed E-state index contributed by atoms with van der Waals surface area (Å²) in [6, 6.07) is 1.54. The van der Waals surface area contributed by atoms with Crippen molar-refractivity contribution in [3.05, 3.63) is 34.5 Å². The van der Waals surface area contributed by atoms with Crippen LogP contribution in [0, 0.1) is 0 Å². The molecular formula is C13H16N4O2S. The van der Waals surface area contributed by atoms with Gasteiger partial charge in [0.25, 0.3) is 0 Å². The summed E-state index contributed by atoms with van der Waals surface area (Å²) in [5, 5.41) is 3.03. The van der Waals surface area contributed by atoms with Gasteiger partial charge in [-0.1, -0.05) is 6.92 Å². The smallest absolute Gasteiger partial charge is 0.356 e. The van der Waals surface area contributed by atoms with Gasteiger partial charge in [-0.3, -0.25) is 0 Å². The largest absolute Gasteiger partial charge is 0.464 e. The van der Waals surface area contributed by atoms with Gasteiger partial charge in [0, 0.05) is 37.3 Å². The Bertz CT molecular complexity index is 574. The van der Waals surface area contributed by atoms with Crippen molar-refractivity contribution in [2.24, 2.45) is 0 Å². The second-order valence-corrected chi connectivity index (χ2v) is 5.31. The lowest BCUT2D eigenvalue weighted by Gasteiger charge is -2.20. The fraction of sp³-hybridized carbons (Fsp3) is 0.385. The van der Waals surface area contributed by atoms with Gasteiger partial charge in [-0.15, -0.1) is 11.3 Å². The van der Waals surface area contributed by atoms with E-state index >= 15 is 0 Å². The van der Waals surface area contributed by atoms with Crippen LogP contribution in [0.4, 0.5) is 5.95 Å². The molecule has 106 valence electrons. The molecule has 2 rings (SSSR count). The second-order valence-electron chi connectivity index (χ2n) is 4.39. The van der Waals surface area contributed by atoms with E-state index in [4.69, 9.17) is 0 Å². The van der Waals surface area contributed by atoms with Gasteiger partial charge in [-0.2, -0.15) is 0 Å². The highest BCUT2D eigenvalue weighted by atomic mass is 32.1. The fourth-order valence-electron chi connectivity index (χ4n) is 1.80. The molecule has 6 nitrogen and oxygen atoms in total. The Morgan fingerprint density at radius 3 is 2.90 bits per heavy atom. The zero-order valence-corrected chi connectivity index (χ0v) is 12.4. The van der Waals surface area contributed by atoms with Crippen LogP contribution in [-0.2, 0) is 4.74 Å². The molecule has 0 aromatic carbocycles. The number of hydrogen-bond acceptors (Lipinski definition) is 7. The van der Waals surface area contributed by atoms with E-state index < -0.39 is 5.97 Å². The maximum absolute atomic E-state index is 11.5. The molecule has 0 aliphatic carbocycles. The monoisotopic (exact) mass is 292 g/mol. The van der Waals surface area contributed by atoms with Gasteiger partial charge in [-0.05, 0) is 6.07 Å². The number of ether oxygens (including phenoxy) is 1. The SMILES string of the molecule is COC(=O)c1ccnc(N(C)CC(C)c2nccs2)n1. The minimum atomic E-state index is -0.463. The van der Waals surface area contributed by atoms with Crippen LogP contribution in [0.5, 0.6) is 0 Å². The van der Waals surface area contributed by atoms with Gasteiger partial charge in [0.1, 0.15) is 0 Å². The van der Waals surface area contributed by atoms with Gasteiger partial charge in [0.15, 0.2) is 5.69 Å². The zero-order valence-electron chi connectivity index (χ0n) is 11.6. The number of methoxy groups -OCH3 is 1. The number of thiazole rings is 1. The van der Waals surface area contributed by atoms with E-state index in [1.165, 1.54) is 13.2 Å². The van der Waals surface area contributed by atoms with Crippen molar-refractivity contribution in [3.63, 3.8) is 0 Å². The van der Waals surface area contributed by atoms with Crippen molar-refractivity contribution < 1.29 is 9.53 Å². The van der Waals surface area contributed by atoms with Crippen molar-refractivity contribution in [2.75, 3.05) is 25.6 Å². The van der Waals surface area contributed by atoms with Crippen molar-refractivity contribution in [1.29, 1.82) is 0 Å². The van der Waals surface area contributed by atoms with Gasteiger partial charge in [0.05, 0.1) is 12.1 Å². The first-order valence-corrected chi connectivity index (χ1v) is 7.01. The first-order chi connectivity index (χ1) is 9.61. The zero-order chi connectivity index (χ0) is 14.5. The van der Waals surface area contributed by atoms with Gasteiger partial charge in [-0.25, -0.2) is 19.7 Å². The lowest BCUT2D eigenvalue weighted by atomic mass is 10.2. The molecule has 2 aromatic rings. The van der Waals surface area contributed by atoms with Crippen LogP contribution in [-0.4, -0.2) is 41.6 Å². The van der Waals surface area contributed by atoms with E-state index in [0.29, 0.717) is 5.95 Å². The summed E-state index contributed by atoms with van der Waals surface area (Å²) in [5.41, 5.74) is 0.256. The molecule has 0 aliphatic heterocycles. The van der Waals surface area contributed by atoms with E-state index in [2.05, 4.69) is 26.6 Å². The number of aromatic nitrogens is 3. The van der Waals surface area contributed by atoms with Crippen LogP contribution in [0.2, 0.25) is 0 Å². The number of carbonyl (C=O) groups is 1. The van der Waals surface area contributed by atoms with Crippen molar-refractivity contribution >= 4 is 23.3 Å². The van der Waals surface area contributed by atoms with Crippen LogP contribution in [0.1, 0.15) is 28.3 Å². The van der Waals surface area contributed by atoms with E-state index in [9.17, 15) is 4.79 Å². The second kappa shape index (κ2) is 6.42. The molecule has 0 aliphatic rings. The first-order valence-electron chi connectivity index (χ1n) is 6.13. The number of rotatable bonds is 5. The number of likely N-dealkylation sites (N-methyl/N-ethyl adjacent to an activating group) is 1. The number of nitrogens with zero attached hydrogens (tertiary/aromatic N) is 4. The molecule has 0 fully saturated rings. The highest BCUT2D eigenvalue weighted by molar-refractivity contribution is 7.09. The molecule has 0 bridgehead atoms. The summed E-state index contributed by atoms with van der Waals surface area (Å²) in [7, 11) is 3.22. The van der Waals surface area contributed by atoms with Crippen molar-refractivity contribution in [1.82, 2.24) is 15.0 Å². The van der Waals surface area contributed by atoms with Gasteiger partial charge < -0.3 is 9.64 Å². The number of hydrogen-bond donors (Lipinski definition) is 0. The molecule has 0 saturated carbocycles. The Hall–Kier alpha value is -2.02. The molecule has 7 heteroatoms. The normalized spacial score (nSPS) is 11.9. The molecule has 0 radical (unpaired) electrons. The predicted octanol–water partition coefficient (Wildman–Crippen LogP) is 1.96. The van der Waals surface area contributed by atoms with E-state index in [1.807, 2.05) is 17.3 Å². The number of anilines is 1. The molecule has 1 atom stereocenters. The van der Waals surface area contributed by atoms with Crippen LogP contribution < -0.4 is 4.90 Å². The molecule has 0 spiro atoms. The molecule has 2 heterocycles. The minimum absolute atomic E-state index is 0.256. The molecule has 2 aromatic heterocycles. The molecule has 0 amide bonds. The minimum Gasteiger partial charge on any atom is -0.464 e. The van der Waals surface area contributed by atoms with E-state index in [1.54, 1.807) is 23.7 Å². The van der Waals surface area contributed by atoms with E-state index in [-0.39, 0.29) is 11.6 Å². The lowest BCUT2D eigenvalue weighted by Crippen LogP contribution is -2.25. The molecule has 1 unspecified atom stereocenters. The molecular weight excluding hydrogens is 276 g/mol. The Balaban J connectivity index is 2.09. The highest BCUT2D eigenvalue weighted by Crippen LogP contribution is 2.19. The summed E-state index contributed by atoms with van der Waals surface area (Å²) in [6.07, 6.45) is 3.35. The fourth-order valence-corrected chi connectivity index (χ4v) is 2.49. The average Bonchev–Trinajstić information content (AvgIpc) is 3.00. The summed E-state index contributed by atoms with van der Waals surface area (Å²) < 4.78 is 4.65. The first kappa shape index (κ1) is 14.4. The maximum atomic E-state index is 11.5. The third-order valence-electron chi connectivity index (χ3n) is 2.80. The summed E-state index contributed by atoms with van der Waals surface area (Å²) in [4.78, 5) is 26.0. The summed E-state index contributed by atoms with van der Waals surface area (Å²) in [6.45, 7) is 2.82. The van der Waals surface area contributed by atoms with E-state index in [0.717, 1.165) is 11.6 Å². The Kier molecular flexibility index (Phi) is 4.62. The van der Waals surface area contributed by atoms with Crippen LogP contribution >= 0.6 is 11.3 Å². The van der Waals surface area contributed by atoms with Crippen LogP contribution in [0.15, 0.2) is 23.8 Å². The van der Waals surface area contributed by atoms with Crippen molar-refractivity contribution in [3.8, 4) is 0 Å². The van der Waals surface area contributed by atoms with Gasteiger partial charge in [0.2, 0.25) is 5.95 Å². The number of esters is 1. The third-order valence-corrected chi connectivity index (χ3v) is 3.81. The summed E-state index contributed by atoms with van der Waals surface area (Å²) >= 11 is 1.63. The molecule has 0 saturated heterocycles. The summed E-state index contributed by atoms with van der Waals surface area (Å²) in [5.74, 6) is 0.303. The third kappa shape index (κ3) is 3.30. The quantitative estimate of drug-likeness (QED) is 0.785. The standard InChI is InChI=1S/C13H16N4O2S/c1-9(11-14-6-7-20-11)8-17(2)13-15-5-4-10(16-13)12(18)19-3/h4-7,9H,8H2,1-3H3. The van der Waals surface area contributed by atoms with Crippen LogP contribution in [0.25, 0.3) is 0 Å². The Morgan fingerprint density at radius 2 is 2.25 bits per heavy atom. The Morgan fingerprint density at radius 1 is 1.45 bits per heavy atom. The average molecular weight is 292 g/mol. The lowest BCUT2D eigenvalue weighted by molar-refractivity contribution is 0.0594. The molecule has 0 N–H and O–H groups in total. The molecule has 20 heavy (non-hydrogen) atoms. The van der Waals surface area contributed by atoms with Crippen molar-refractivity contribution in [2.45, 2.75) is 12.8 Å².